The number of amides is 1. The molecular weight excluding hydrogens is 397 g/mol. The standard InChI is InChI=1S/C24H30FN3O3/c1-30-21-9-10-22(23(16-21)31-2)24(29)28-11-3-4-20(17-28)27-14-12-26(13-15-27)19-7-5-18(25)6-8-19/h5-10,16,20H,3-4,11-15,17H2,1-2H3/t20-/m0/s1. The van der Waals surface area contributed by atoms with E-state index in [2.05, 4.69) is 9.80 Å². The average Bonchev–Trinajstić information content (AvgIpc) is 2.84. The molecule has 0 radical (unpaired) electrons. The lowest BCUT2D eigenvalue weighted by Crippen LogP contribution is -2.55. The highest BCUT2D eigenvalue weighted by atomic mass is 19.1. The summed E-state index contributed by atoms with van der Waals surface area (Å²) in [6.07, 6.45) is 2.09. The van der Waals surface area contributed by atoms with Crippen LogP contribution in [0.15, 0.2) is 42.5 Å². The molecule has 1 amide bonds. The Morgan fingerprint density at radius 3 is 2.39 bits per heavy atom. The average molecular weight is 428 g/mol. The number of ether oxygens (including phenoxy) is 2. The molecule has 2 aromatic rings. The molecule has 6 nitrogen and oxygen atoms in total. The molecule has 2 aliphatic rings. The highest BCUT2D eigenvalue weighted by Gasteiger charge is 2.31. The van der Waals surface area contributed by atoms with Crippen LogP contribution in [0.5, 0.6) is 11.5 Å². The number of halogens is 1. The van der Waals surface area contributed by atoms with Crippen LogP contribution in [0, 0.1) is 5.82 Å². The minimum absolute atomic E-state index is 0.00847. The fourth-order valence-electron chi connectivity index (χ4n) is 4.58. The van der Waals surface area contributed by atoms with E-state index in [-0.39, 0.29) is 11.7 Å². The van der Waals surface area contributed by atoms with Gasteiger partial charge in [-0.25, -0.2) is 4.39 Å². The van der Waals surface area contributed by atoms with Gasteiger partial charge in [-0.05, 0) is 49.2 Å². The summed E-state index contributed by atoms with van der Waals surface area (Å²) in [4.78, 5) is 20.0. The zero-order valence-electron chi connectivity index (χ0n) is 18.2. The first-order valence-corrected chi connectivity index (χ1v) is 10.8. The summed E-state index contributed by atoms with van der Waals surface area (Å²) in [5.74, 6) is 1.01. The first kappa shape index (κ1) is 21.4. The van der Waals surface area contributed by atoms with Crippen LogP contribution >= 0.6 is 0 Å². The van der Waals surface area contributed by atoms with E-state index in [0.29, 0.717) is 23.1 Å². The van der Waals surface area contributed by atoms with Crippen molar-refractivity contribution in [3.63, 3.8) is 0 Å². The number of hydrogen-bond acceptors (Lipinski definition) is 5. The van der Waals surface area contributed by atoms with Gasteiger partial charge in [0.2, 0.25) is 0 Å². The van der Waals surface area contributed by atoms with Gasteiger partial charge in [0.25, 0.3) is 5.91 Å². The molecule has 2 fully saturated rings. The number of piperidine rings is 1. The second kappa shape index (κ2) is 9.56. The first-order chi connectivity index (χ1) is 15.1. The van der Waals surface area contributed by atoms with Crippen molar-refractivity contribution in [2.24, 2.45) is 0 Å². The Kier molecular flexibility index (Phi) is 6.61. The van der Waals surface area contributed by atoms with E-state index in [4.69, 9.17) is 9.47 Å². The fraction of sp³-hybridized carbons (Fsp3) is 0.458. The van der Waals surface area contributed by atoms with Crippen molar-refractivity contribution in [2.75, 3.05) is 58.4 Å². The summed E-state index contributed by atoms with van der Waals surface area (Å²) in [6.45, 7) is 5.18. The van der Waals surface area contributed by atoms with Crippen LogP contribution in [0.1, 0.15) is 23.2 Å². The molecule has 2 heterocycles. The molecule has 0 N–H and O–H groups in total. The zero-order chi connectivity index (χ0) is 21.8. The summed E-state index contributed by atoms with van der Waals surface area (Å²) in [5.41, 5.74) is 1.64. The number of likely N-dealkylation sites (tertiary alicyclic amines) is 1. The third-order valence-electron chi connectivity index (χ3n) is 6.35. The highest BCUT2D eigenvalue weighted by molar-refractivity contribution is 5.97. The normalized spacial score (nSPS) is 19.9. The van der Waals surface area contributed by atoms with Crippen molar-refractivity contribution in [1.29, 1.82) is 0 Å². The molecule has 0 saturated carbocycles. The van der Waals surface area contributed by atoms with Gasteiger partial charge < -0.3 is 19.3 Å². The van der Waals surface area contributed by atoms with Gasteiger partial charge >= 0.3 is 0 Å². The summed E-state index contributed by atoms with van der Waals surface area (Å²) < 4.78 is 23.9. The van der Waals surface area contributed by atoms with Gasteiger partial charge in [-0.2, -0.15) is 0 Å². The summed E-state index contributed by atoms with van der Waals surface area (Å²) >= 11 is 0. The summed E-state index contributed by atoms with van der Waals surface area (Å²) in [6, 6.07) is 12.4. The molecule has 0 aromatic heterocycles. The molecule has 0 spiro atoms. The van der Waals surface area contributed by atoms with Crippen molar-refractivity contribution in [3.8, 4) is 11.5 Å². The SMILES string of the molecule is COc1ccc(C(=O)N2CCC[C@H](N3CCN(c4ccc(F)cc4)CC3)C2)c(OC)c1. The Morgan fingerprint density at radius 1 is 0.968 bits per heavy atom. The van der Waals surface area contributed by atoms with Crippen molar-refractivity contribution < 1.29 is 18.7 Å². The quantitative estimate of drug-likeness (QED) is 0.733. The molecule has 0 unspecified atom stereocenters. The van der Waals surface area contributed by atoms with Crippen LogP contribution in [0.3, 0.4) is 0 Å². The van der Waals surface area contributed by atoms with Gasteiger partial charge in [0.15, 0.2) is 0 Å². The van der Waals surface area contributed by atoms with Crippen molar-refractivity contribution in [2.45, 2.75) is 18.9 Å². The first-order valence-electron chi connectivity index (χ1n) is 10.8. The Labute approximate surface area is 183 Å². The molecule has 4 rings (SSSR count). The monoisotopic (exact) mass is 427 g/mol. The molecule has 0 bridgehead atoms. The smallest absolute Gasteiger partial charge is 0.257 e. The van der Waals surface area contributed by atoms with Gasteiger partial charge in [0, 0.05) is 57.1 Å². The molecule has 1 atom stereocenters. The van der Waals surface area contributed by atoms with Crippen molar-refractivity contribution >= 4 is 11.6 Å². The Balaban J connectivity index is 1.38. The van der Waals surface area contributed by atoms with E-state index in [9.17, 15) is 9.18 Å². The number of carbonyl (C=O) groups excluding carboxylic acids is 1. The van der Waals surface area contributed by atoms with Crippen LogP contribution < -0.4 is 14.4 Å². The third-order valence-corrected chi connectivity index (χ3v) is 6.35. The Hall–Kier alpha value is -2.80. The maximum atomic E-state index is 13.2. The minimum Gasteiger partial charge on any atom is -0.497 e. The maximum absolute atomic E-state index is 13.2. The van der Waals surface area contributed by atoms with Gasteiger partial charge in [0.05, 0.1) is 19.8 Å². The number of benzene rings is 2. The van der Waals surface area contributed by atoms with Crippen LogP contribution in [-0.4, -0.2) is 75.2 Å². The number of carbonyl (C=O) groups is 1. The van der Waals surface area contributed by atoms with E-state index < -0.39 is 0 Å². The molecule has 2 aromatic carbocycles. The van der Waals surface area contributed by atoms with Crippen LogP contribution in [0.2, 0.25) is 0 Å². The molecule has 0 aliphatic carbocycles. The van der Waals surface area contributed by atoms with E-state index in [0.717, 1.165) is 57.8 Å². The summed E-state index contributed by atoms with van der Waals surface area (Å²) in [5, 5.41) is 0. The van der Waals surface area contributed by atoms with E-state index >= 15 is 0 Å². The highest BCUT2D eigenvalue weighted by Crippen LogP contribution is 2.28. The van der Waals surface area contributed by atoms with Gasteiger partial charge in [0.1, 0.15) is 17.3 Å². The predicted molar refractivity (Wildman–Crippen MR) is 119 cm³/mol. The number of rotatable bonds is 5. The van der Waals surface area contributed by atoms with Gasteiger partial charge in [-0.1, -0.05) is 0 Å². The largest absolute Gasteiger partial charge is 0.497 e. The third kappa shape index (κ3) is 4.77. The predicted octanol–water partition coefficient (Wildman–Crippen LogP) is 3.27. The second-order valence-corrected chi connectivity index (χ2v) is 8.11. The number of nitrogens with zero attached hydrogens (tertiary/aromatic N) is 3. The van der Waals surface area contributed by atoms with Crippen LogP contribution in [-0.2, 0) is 0 Å². The van der Waals surface area contributed by atoms with Crippen LogP contribution in [0.4, 0.5) is 10.1 Å². The van der Waals surface area contributed by atoms with Crippen LogP contribution in [0.25, 0.3) is 0 Å². The molecule has 166 valence electrons. The number of piperazine rings is 1. The lowest BCUT2D eigenvalue weighted by molar-refractivity contribution is 0.0560. The van der Waals surface area contributed by atoms with Crippen molar-refractivity contribution in [1.82, 2.24) is 9.80 Å². The maximum Gasteiger partial charge on any atom is 0.257 e. The molecule has 31 heavy (non-hydrogen) atoms. The van der Waals surface area contributed by atoms with Gasteiger partial charge in [-0.3, -0.25) is 9.69 Å². The fourth-order valence-corrected chi connectivity index (χ4v) is 4.58. The van der Waals surface area contributed by atoms with Crippen molar-refractivity contribution in [3.05, 3.63) is 53.8 Å². The Morgan fingerprint density at radius 2 is 1.71 bits per heavy atom. The minimum atomic E-state index is -0.206. The number of anilines is 1. The zero-order valence-corrected chi connectivity index (χ0v) is 18.2. The number of methoxy groups -OCH3 is 2. The topological polar surface area (TPSA) is 45.2 Å². The second-order valence-electron chi connectivity index (χ2n) is 8.11. The summed E-state index contributed by atoms with van der Waals surface area (Å²) in [7, 11) is 3.17. The Bertz CT molecular complexity index is 897. The van der Waals surface area contributed by atoms with E-state index in [1.165, 1.54) is 12.1 Å². The van der Waals surface area contributed by atoms with E-state index in [1.54, 1.807) is 32.4 Å². The number of hydrogen-bond donors (Lipinski definition) is 0. The van der Waals surface area contributed by atoms with E-state index in [1.807, 2.05) is 17.0 Å². The molecular formula is C24H30FN3O3. The lowest BCUT2D eigenvalue weighted by atomic mass is 10.0. The molecule has 2 saturated heterocycles. The molecule has 7 heteroatoms. The lowest BCUT2D eigenvalue weighted by Gasteiger charge is -2.44. The molecule has 2 aliphatic heterocycles. The van der Waals surface area contributed by atoms with Gasteiger partial charge in [-0.15, -0.1) is 0 Å².